The minimum absolute atomic E-state index is 0.129. The highest BCUT2D eigenvalue weighted by atomic mass is 19.1. The molecule has 0 saturated heterocycles. The fourth-order valence-electron chi connectivity index (χ4n) is 2.23. The van der Waals surface area contributed by atoms with Crippen molar-refractivity contribution in [1.29, 1.82) is 0 Å². The first-order valence-electron chi connectivity index (χ1n) is 7.40. The van der Waals surface area contributed by atoms with Crippen LogP contribution in [0.25, 0.3) is 11.1 Å². The lowest BCUT2D eigenvalue weighted by Crippen LogP contribution is -2.37. The topological polar surface area (TPSA) is 49.8 Å². The molecule has 2 rings (SSSR count). The van der Waals surface area contributed by atoms with Gasteiger partial charge in [0, 0.05) is 18.7 Å². The molecule has 4 nitrogen and oxygen atoms in total. The van der Waals surface area contributed by atoms with E-state index in [4.69, 9.17) is 9.84 Å². The Morgan fingerprint density at radius 2 is 1.92 bits per heavy atom. The average molecular weight is 335 g/mol. The van der Waals surface area contributed by atoms with Crippen molar-refractivity contribution in [1.82, 2.24) is 4.90 Å². The molecule has 0 aliphatic rings. The average Bonchev–Trinajstić information content (AvgIpc) is 2.59. The highest BCUT2D eigenvalue weighted by molar-refractivity contribution is 5.95. The smallest absolute Gasteiger partial charge is 0.256 e. The first-order chi connectivity index (χ1) is 11.4. The van der Waals surface area contributed by atoms with Crippen LogP contribution in [0.3, 0.4) is 0 Å². The van der Waals surface area contributed by atoms with E-state index in [1.807, 2.05) is 0 Å². The molecule has 2 aromatic carbocycles. The van der Waals surface area contributed by atoms with Crippen LogP contribution in [0.15, 0.2) is 36.4 Å². The monoisotopic (exact) mass is 335 g/mol. The lowest BCUT2D eigenvalue weighted by molar-refractivity contribution is 0.0677. The Labute approximate surface area is 139 Å². The van der Waals surface area contributed by atoms with E-state index in [2.05, 4.69) is 0 Å². The van der Waals surface area contributed by atoms with Gasteiger partial charge >= 0.3 is 0 Å². The van der Waals surface area contributed by atoms with E-state index < -0.39 is 23.6 Å². The number of ether oxygens (including phenoxy) is 1. The second-order valence-corrected chi connectivity index (χ2v) is 5.49. The molecule has 128 valence electrons. The van der Waals surface area contributed by atoms with Crippen molar-refractivity contribution in [3.05, 3.63) is 53.6 Å². The molecule has 2 aromatic rings. The number of aliphatic hydroxyl groups is 1. The minimum atomic E-state index is -0.746. The molecule has 24 heavy (non-hydrogen) atoms. The summed E-state index contributed by atoms with van der Waals surface area (Å²) >= 11 is 0. The van der Waals surface area contributed by atoms with Crippen molar-refractivity contribution in [2.75, 3.05) is 20.8 Å². The Morgan fingerprint density at radius 1 is 1.21 bits per heavy atom. The number of rotatable bonds is 5. The van der Waals surface area contributed by atoms with Crippen LogP contribution in [0.1, 0.15) is 17.3 Å². The fourth-order valence-corrected chi connectivity index (χ4v) is 2.23. The van der Waals surface area contributed by atoms with Crippen LogP contribution < -0.4 is 4.74 Å². The number of methoxy groups -OCH3 is 1. The number of hydrogen-bond acceptors (Lipinski definition) is 3. The Balaban J connectivity index is 2.35. The van der Waals surface area contributed by atoms with E-state index in [0.717, 1.165) is 6.07 Å². The first kappa shape index (κ1) is 17.9. The van der Waals surface area contributed by atoms with Gasteiger partial charge in [0.1, 0.15) is 17.4 Å². The summed E-state index contributed by atoms with van der Waals surface area (Å²) in [5.74, 6) is -1.47. The van der Waals surface area contributed by atoms with Gasteiger partial charge in [0.05, 0.1) is 25.3 Å². The van der Waals surface area contributed by atoms with Gasteiger partial charge in [0.15, 0.2) is 0 Å². The summed E-state index contributed by atoms with van der Waals surface area (Å²) in [6, 6.07) is 7.76. The summed E-state index contributed by atoms with van der Waals surface area (Å²) < 4.78 is 33.4. The highest BCUT2D eigenvalue weighted by Crippen LogP contribution is 2.28. The van der Waals surface area contributed by atoms with Gasteiger partial charge in [-0.15, -0.1) is 0 Å². The molecule has 0 bridgehead atoms. The number of amides is 1. The molecule has 0 aromatic heterocycles. The number of likely N-dealkylation sites (N-methyl/N-ethyl adjacent to an activating group) is 1. The van der Waals surface area contributed by atoms with Crippen LogP contribution >= 0.6 is 0 Å². The zero-order valence-corrected chi connectivity index (χ0v) is 13.7. The Hall–Kier alpha value is -2.47. The third-order valence-corrected chi connectivity index (χ3v) is 3.93. The van der Waals surface area contributed by atoms with Crippen molar-refractivity contribution in [2.45, 2.75) is 13.0 Å². The number of hydrogen-bond donors (Lipinski definition) is 1. The molecule has 0 heterocycles. The number of benzene rings is 2. The number of nitrogens with zero attached hydrogens (tertiary/aromatic N) is 1. The third kappa shape index (κ3) is 3.54. The molecule has 1 unspecified atom stereocenters. The fraction of sp³-hybridized carbons (Fsp3) is 0.278. The van der Waals surface area contributed by atoms with Crippen molar-refractivity contribution in [2.24, 2.45) is 0 Å². The number of aliphatic hydroxyl groups excluding tert-OH is 1. The Bertz CT molecular complexity index is 749. The third-order valence-electron chi connectivity index (χ3n) is 3.93. The van der Waals surface area contributed by atoms with Crippen LogP contribution in [-0.2, 0) is 0 Å². The van der Waals surface area contributed by atoms with Crippen LogP contribution in [-0.4, -0.2) is 42.7 Å². The van der Waals surface area contributed by atoms with E-state index >= 15 is 0 Å². The molecule has 6 heteroatoms. The largest absolute Gasteiger partial charge is 0.497 e. The van der Waals surface area contributed by atoms with Crippen LogP contribution in [0.2, 0.25) is 0 Å². The van der Waals surface area contributed by atoms with Gasteiger partial charge in [-0.25, -0.2) is 8.78 Å². The predicted octanol–water partition coefficient (Wildman–Crippen LogP) is 3.09. The Morgan fingerprint density at radius 3 is 2.46 bits per heavy atom. The quantitative estimate of drug-likeness (QED) is 0.913. The van der Waals surface area contributed by atoms with E-state index in [9.17, 15) is 13.6 Å². The van der Waals surface area contributed by atoms with Crippen LogP contribution in [0, 0.1) is 11.6 Å². The zero-order chi connectivity index (χ0) is 17.9. The van der Waals surface area contributed by atoms with Crippen molar-refractivity contribution >= 4 is 5.91 Å². The van der Waals surface area contributed by atoms with E-state index in [1.165, 1.54) is 43.3 Å². The molecule has 1 atom stereocenters. The van der Waals surface area contributed by atoms with Crippen LogP contribution in [0.4, 0.5) is 8.78 Å². The van der Waals surface area contributed by atoms with Crippen LogP contribution in [0.5, 0.6) is 5.75 Å². The first-order valence-corrected chi connectivity index (χ1v) is 7.40. The summed E-state index contributed by atoms with van der Waals surface area (Å²) in [5, 5.41) is 9.10. The van der Waals surface area contributed by atoms with Crippen molar-refractivity contribution in [3.63, 3.8) is 0 Å². The minimum Gasteiger partial charge on any atom is -0.497 e. The summed E-state index contributed by atoms with van der Waals surface area (Å²) in [5.41, 5.74) is 0.406. The molecule has 1 N–H and O–H groups in total. The van der Waals surface area contributed by atoms with E-state index in [1.54, 1.807) is 13.0 Å². The number of halogens is 2. The summed E-state index contributed by atoms with van der Waals surface area (Å²) in [7, 11) is 2.91. The summed E-state index contributed by atoms with van der Waals surface area (Å²) in [6.07, 6.45) is 0. The molecule has 0 fully saturated rings. The Kier molecular flexibility index (Phi) is 5.51. The molecule has 0 aliphatic carbocycles. The zero-order valence-electron chi connectivity index (χ0n) is 13.7. The molecule has 1 amide bonds. The van der Waals surface area contributed by atoms with E-state index in [-0.39, 0.29) is 17.7 Å². The maximum atomic E-state index is 14.3. The van der Waals surface area contributed by atoms with Gasteiger partial charge < -0.3 is 14.7 Å². The van der Waals surface area contributed by atoms with Gasteiger partial charge in [-0.1, -0.05) is 6.07 Å². The van der Waals surface area contributed by atoms with Gasteiger partial charge in [0.25, 0.3) is 5.91 Å². The molecule has 0 radical (unpaired) electrons. The lowest BCUT2D eigenvalue weighted by Gasteiger charge is -2.23. The lowest BCUT2D eigenvalue weighted by atomic mass is 10.0. The molecule has 0 spiro atoms. The van der Waals surface area contributed by atoms with Gasteiger partial charge in [-0.3, -0.25) is 4.79 Å². The molecule has 0 aliphatic heterocycles. The van der Waals surface area contributed by atoms with Crippen molar-refractivity contribution in [3.8, 4) is 16.9 Å². The second kappa shape index (κ2) is 7.40. The second-order valence-electron chi connectivity index (χ2n) is 5.49. The predicted molar refractivity (Wildman–Crippen MR) is 87.0 cm³/mol. The highest BCUT2D eigenvalue weighted by Gasteiger charge is 2.20. The van der Waals surface area contributed by atoms with E-state index in [0.29, 0.717) is 11.3 Å². The number of carbonyl (C=O) groups excluding carboxylic acids is 1. The molecular formula is C18H19F2NO3. The summed E-state index contributed by atoms with van der Waals surface area (Å²) in [4.78, 5) is 13.5. The van der Waals surface area contributed by atoms with Crippen molar-refractivity contribution < 1.29 is 23.4 Å². The molecule has 0 saturated carbocycles. The number of carbonyl (C=O) groups is 1. The summed E-state index contributed by atoms with van der Waals surface area (Å²) in [6.45, 7) is 1.43. The van der Waals surface area contributed by atoms with Gasteiger partial charge in [0.2, 0.25) is 0 Å². The standard InChI is InChI=1S/C18H19F2NO3/c1-11(10-22)21(2)18(23)15-6-4-12(8-16(15)19)14-7-5-13(24-3)9-17(14)20/h4-9,11,22H,10H2,1-3H3. The van der Waals surface area contributed by atoms with Gasteiger partial charge in [-0.05, 0) is 36.8 Å². The SMILES string of the molecule is COc1ccc(-c2ccc(C(=O)N(C)C(C)CO)c(F)c2)c(F)c1. The normalized spacial score (nSPS) is 11.9. The maximum absolute atomic E-state index is 14.3. The maximum Gasteiger partial charge on any atom is 0.256 e. The van der Waals surface area contributed by atoms with Gasteiger partial charge in [-0.2, -0.15) is 0 Å². The molecular weight excluding hydrogens is 316 g/mol.